The van der Waals surface area contributed by atoms with Crippen LogP contribution >= 0.6 is 11.8 Å². The number of nitrogens with zero attached hydrogens (tertiary/aromatic N) is 1. The third kappa shape index (κ3) is 3.83. The number of thioether (sulfide) groups is 1. The highest BCUT2D eigenvalue weighted by Crippen LogP contribution is 2.27. The van der Waals surface area contributed by atoms with Crippen LogP contribution in [0.3, 0.4) is 0 Å². The quantitative estimate of drug-likeness (QED) is 0.442. The molecule has 7 nitrogen and oxygen atoms in total. The molecule has 0 fully saturated rings. The zero-order valence-electron chi connectivity index (χ0n) is 11.4. The van der Waals surface area contributed by atoms with Crippen LogP contribution in [0.15, 0.2) is 9.82 Å². The summed E-state index contributed by atoms with van der Waals surface area (Å²) in [4.78, 5) is 40.3. The van der Waals surface area contributed by atoms with Gasteiger partial charge in [-0.3, -0.25) is 0 Å². The fourth-order valence-electron chi connectivity index (χ4n) is 1.52. The molecule has 1 aromatic rings. The van der Waals surface area contributed by atoms with Crippen LogP contribution in [0.25, 0.3) is 0 Å². The lowest BCUT2D eigenvalue weighted by atomic mass is 10.2. The van der Waals surface area contributed by atoms with Crippen molar-refractivity contribution in [2.45, 2.75) is 37.5 Å². The maximum Gasteiger partial charge on any atom is 0.346 e. The van der Waals surface area contributed by atoms with E-state index in [0.717, 1.165) is 11.8 Å². The highest BCUT2D eigenvalue weighted by Gasteiger charge is 2.22. The van der Waals surface area contributed by atoms with Crippen LogP contribution in [0, 0.1) is 6.92 Å². The Morgan fingerprint density at radius 1 is 1.45 bits per heavy atom. The summed E-state index contributed by atoms with van der Waals surface area (Å²) in [6.45, 7) is 5.01. The number of carboxylic acids is 1. The minimum atomic E-state index is -1.27. The van der Waals surface area contributed by atoms with Gasteiger partial charge in [0.25, 0.3) is 0 Å². The van der Waals surface area contributed by atoms with Gasteiger partial charge in [-0.25, -0.2) is 9.59 Å². The maximum atomic E-state index is 11.9. The molecule has 8 heteroatoms. The Kier molecular flexibility index (Phi) is 5.75. The largest absolute Gasteiger partial charge is 0.549 e. The van der Waals surface area contributed by atoms with E-state index >= 15 is 0 Å². The van der Waals surface area contributed by atoms with Crippen molar-refractivity contribution in [3.05, 3.63) is 21.7 Å². The molecule has 1 atom stereocenters. The molecule has 0 amide bonds. The summed E-state index contributed by atoms with van der Waals surface area (Å²) in [6, 6.07) is 0. The number of hydrogen-bond acceptors (Lipinski definition) is 7. The van der Waals surface area contributed by atoms with Gasteiger partial charge in [0.1, 0.15) is 10.6 Å². The van der Waals surface area contributed by atoms with E-state index in [2.05, 4.69) is 9.97 Å². The highest BCUT2D eigenvalue weighted by atomic mass is 32.2. The maximum absolute atomic E-state index is 11.9. The number of aliphatic carboxylic acids is 1. The number of carboxylic acid groups (broad SMARTS) is 1. The Balaban J connectivity index is 3.26. The third-order valence-electron chi connectivity index (χ3n) is 2.45. The molecule has 1 heterocycles. The minimum absolute atomic E-state index is 0.0424. The summed E-state index contributed by atoms with van der Waals surface area (Å²) >= 11 is 0.812. The molecular weight excluding hydrogens is 284 g/mol. The van der Waals surface area contributed by atoms with Gasteiger partial charge >= 0.3 is 11.7 Å². The molecule has 0 unspecified atom stereocenters. The van der Waals surface area contributed by atoms with Gasteiger partial charge in [-0.15, -0.1) is 0 Å². The van der Waals surface area contributed by atoms with Gasteiger partial charge in [-0.05, 0) is 20.3 Å². The summed E-state index contributed by atoms with van der Waals surface area (Å²) in [7, 11) is 0. The Bertz CT molecular complexity index is 569. The first kappa shape index (κ1) is 16.2. The minimum Gasteiger partial charge on any atom is -0.549 e. The Morgan fingerprint density at radius 3 is 2.60 bits per heavy atom. The fraction of sp³-hybridized carbons (Fsp3) is 0.500. The van der Waals surface area contributed by atoms with Crippen molar-refractivity contribution >= 4 is 23.7 Å². The average Bonchev–Trinajstić information content (AvgIpc) is 2.34. The summed E-state index contributed by atoms with van der Waals surface area (Å²) in [5, 5.41) is 10.1. The molecule has 0 aliphatic carbocycles. The molecule has 0 aliphatic rings. The van der Waals surface area contributed by atoms with Crippen molar-refractivity contribution in [3.8, 4) is 0 Å². The van der Waals surface area contributed by atoms with Gasteiger partial charge in [0.15, 0.2) is 0 Å². The van der Waals surface area contributed by atoms with E-state index < -0.39 is 22.9 Å². The molecule has 0 aliphatic heterocycles. The number of aromatic nitrogens is 2. The number of hydrogen-bond donors (Lipinski definition) is 1. The van der Waals surface area contributed by atoms with E-state index in [4.69, 9.17) is 4.74 Å². The summed E-state index contributed by atoms with van der Waals surface area (Å²) in [6.07, 6.45) is 0.281. The van der Waals surface area contributed by atoms with Crippen LogP contribution in [0.2, 0.25) is 0 Å². The number of carbonyl (C=O) groups is 2. The zero-order valence-corrected chi connectivity index (χ0v) is 12.2. The Labute approximate surface area is 119 Å². The van der Waals surface area contributed by atoms with Crippen LogP contribution in [-0.4, -0.2) is 33.8 Å². The monoisotopic (exact) mass is 299 g/mol. The first-order valence-corrected chi connectivity index (χ1v) is 6.94. The predicted octanol–water partition coefficient (Wildman–Crippen LogP) is -0.124. The lowest BCUT2D eigenvalue weighted by Gasteiger charge is -2.16. The summed E-state index contributed by atoms with van der Waals surface area (Å²) in [5.41, 5.74) is -0.276. The molecule has 0 saturated heterocycles. The van der Waals surface area contributed by atoms with Gasteiger partial charge in [0.2, 0.25) is 0 Å². The molecule has 1 rings (SSSR count). The van der Waals surface area contributed by atoms with E-state index in [9.17, 15) is 19.5 Å². The second-order valence-corrected chi connectivity index (χ2v) is 5.09. The standard InChI is InChI=1S/C12H16N2O5S/c1-4-7(10(15)16)20-9-8(11(17)19-5-2)6(3)13-12(18)14-9/h7H,4-5H2,1-3H3,(H,15,16)(H,13,14,18)/p-1/t7-/m0/s1. The van der Waals surface area contributed by atoms with E-state index in [-0.39, 0.29) is 23.6 Å². The third-order valence-corrected chi connectivity index (χ3v) is 3.78. The first-order chi connectivity index (χ1) is 9.40. The van der Waals surface area contributed by atoms with Crippen molar-refractivity contribution in [2.75, 3.05) is 6.61 Å². The van der Waals surface area contributed by atoms with Crippen LogP contribution in [0.4, 0.5) is 0 Å². The number of ether oxygens (including phenoxy) is 1. The van der Waals surface area contributed by atoms with Gasteiger partial charge in [-0.1, -0.05) is 18.7 Å². The Hall–Kier alpha value is -1.83. The molecule has 0 bridgehead atoms. The molecule has 0 radical (unpaired) electrons. The van der Waals surface area contributed by atoms with Crippen molar-refractivity contribution in [1.82, 2.24) is 9.97 Å². The van der Waals surface area contributed by atoms with Gasteiger partial charge in [-0.2, -0.15) is 4.98 Å². The molecule has 1 N–H and O–H groups in total. The molecule has 0 saturated carbocycles. The second kappa shape index (κ2) is 7.09. The lowest BCUT2D eigenvalue weighted by molar-refractivity contribution is -0.304. The van der Waals surface area contributed by atoms with E-state index in [1.54, 1.807) is 13.8 Å². The van der Waals surface area contributed by atoms with Crippen LogP contribution in [0.5, 0.6) is 0 Å². The Morgan fingerprint density at radius 2 is 2.10 bits per heavy atom. The van der Waals surface area contributed by atoms with Gasteiger partial charge in [0.05, 0.1) is 17.8 Å². The summed E-state index contributed by atoms with van der Waals surface area (Å²) < 4.78 is 4.89. The normalized spacial score (nSPS) is 11.9. The number of H-pyrrole nitrogens is 1. The van der Waals surface area contributed by atoms with Crippen molar-refractivity contribution < 1.29 is 19.4 Å². The molecule has 0 aromatic carbocycles. The van der Waals surface area contributed by atoms with Crippen molar-refractivity contribution in [1.29, 1.82) is 0 Å². The van der Waals surface area contributed by atoms with Crippen LogP contribution in [0.1, 0.15) is 36.3 Å². The van der Waals surface area contributed by atoms with Crippen LogP contribution < -0.4 is 10.8 Å². The molecule has 110 valence electrons. The zero-order chi connectivity index (χ0) is 15.3. The topological polar surface area (TPSA) is 112 Å². The van der Waals surface area contributed by atoms with E-state index in [1.165, 1.54) is 6.92 Å². The lowest BCUT2D eigenvalue weighted by Crippen LogP contribution is -2.33. The number of aryl methyl sites for hydroxylation is 1. The average molecular weight is 299 g/mol. The molecule has 20 heavy (non-hydrogen) atoms. The van der Waals surface area contributed by atoms with Gasteiger partial charge < -0.3 is 19.6 Å². The molecule has 1 aromatic heterocycles. The number of carbonyl (C=O) groups excluding carboxylic acids is 2. The van der Waals surface area contributed by atoms with Gasteiger partial charge in [0, 0.05) is 5.69 Å². The van der Waals surface area contributed by atoms with Crippen molar-refractivity contribution in [2.24, 2.45) is 0 Å². The highest BCUT2D eigenvalue weighted by molar-refractivity contribution is 8.00. The number of rotatable bonds is 6. The predicted molar refractivity (Wildman–Crippen MR) is 70.5 cm³/mol. The van der Waals surface area contributed by atoms with Crippen molar-refractivity contribution in [3.63, 3.8) is 0 Å². The van der Waals surface area contributed by atoms with Crippen LogP contribution in [-0.2, 0) is 9.53 Å². The molecule has 0 spiro atoms. The fourth-order valence-corrected chi connectivity index (χ4v) is 2.54. The smallest absolute Gasteiger partial charge is 0.346 e. The number of aromatic amines is 1. The molecular formula is C12H15N2O5S-. The first-order valence-electron chi connectivity index (χ1n) is 6.06. The second-order valence-electron chi connectivity index (χ2n) is 3.90. The SMILES string of the molecule is CCOC(=O)c1c(S[C@@H](CC)C(=O)[O-])nc(=O)[nH]c1C. The summed E-state index contributed by atoms with van der Waals surface area (Å²) in [5.74, 6) is -1.92. The number of nitrogens with one attached hydrogen (secondary N) is 1. The van der Waals surface area contributed by atoms with E-state index in [0.29, 0.717) is 5.69 Å². The number of esters is 1. The van der Waals surface area contributed by atoms with E-state index in [1.807, 2.05) is 0 Å².